The monoisotopic (exact) mass is 358 g/mol. The lowest BCUT2D eigenvalue weighted by molar-refractivity contribution is 1.11. The second kappa shape index (κ2) is 5.82. The van der Waals surface area contributed by atoms with E-state index in [2.05, 4.69) is 84.4 Å². The lowest BCUT2D eigenvalue weighted by atomic mass is 9.94. The third-order valence-corrected chi connectivity index (χ3v) is 5.26. The van der Waals surface area contributed by atoms with Crippen molar-refractivity contribution in [1.82, 2.24) is 0 Å². The van der Waals surface area contributed by atoms with Crippen LogP contribution >= 0.6 is 27.5 Å². The minimum atomic E-state index is -0.136. The van der Waals surface area contributed by atoms with Crippen molar-refractivity contribution in [2.45, 2.75) is 19.2 Å². The highest BCUT2D eigenvalue weighted by Gasteiger charge is 2.17. The van der Waals surface area contributed by atoms with E-state index in [0.29, 0.717) is 0 Å². The van der Waals surface area contributed by atoms with Gasteiger partial charge in [0.25, 0.3) is 0 Å². The summed E-state index contributed by atoms with van der Waals surface area (Å²) in [6, 6.07) is 18.9. The summed E-state index contributed by atoms with van der Waals surface area (Å²) in [6.07, 6.45) is 0. The van der Waals surface area contributed by atoms with Crippen molar-refractivity contribution >= 4 is 38.3 Å². The van der Waals surface area contributed by atoms with E-state index in [1.54, 1.807) is 0 Å². The van der Waals surface area contributed by atoms with Crippen LogP contribution in [-0.2, 0) is 0 Å². The Bertz CT molecular complexity index is 808. The Labute approximate surface area is 138 Å². The van der Waals surface area contributed by atoms with Crippen LogP contribution in [0.4, 0.5) is 0 Å². The summed E-state index contributed by atoms with van der Waals surface area (Å²) in [4.78, 5) is 0. The molecule has 3 aromatic carbocycles. The molecule has 106 valence electrons. The van der Waals surface area contributed by atoms with Crippen molar-refractivity contribution in [3.8, 4) is 0 Å². The lowest BCUT2D eigenvalue weighted by Gasteiger charge is -2.17. The summed E-state index contributed by atoms with van der Waals surface area (Å²) in [5.41, 5.74) is 4.89. The quantitative estimate of drug-likeness (QED) is 0.455. The molecule has 0 saturated carbocycles. The van der Waals surface area contributed by atoms with Gasteiger partial charge in [0.15, 0.2) is 0 Å². The highest BCUT2D eigenvalue weighted by Crippen LogP contribution is 2.38. The summed E-state index contributed by atoms with van der Waals surface area (Å²) >= 11 is 10.4. The van der Waals surface area contributed by atoms with Gasteiger partial charge in [-0.25, -0.2) is 0 Å². The number of halogens is 2. The first-order valence-electron chi connectivity index (χ1n) is 6.97. The van der Waals surface area contributed by atoms with Gasteiger partial charge in [0.1, 0.15) is 0 Å². The predicted molar refractivity (Wildman–Crippen MR) is 95.3 cm³/mol. The molecule has 3 rings (SSSR count). The Hall–Kier alpha value is -1.31. The molecule has 0 heterocycles. The Morgan fingerprint density at radius 2 is 1.52 bits per heavy atom. The molecule has 0 aromatic heterocycles. The van der Waals surface area contributed by atoms with Crippen molar-refractivity contribution < 1.29 is 0 Å². The van der Waals surface area contributed by atoms with E-state index in [1.807, 2.05) is 0 Å². The van der Waals surface area contributed by atoms with Gasteiger partial charge in [-0.15, -0.1) is 11.6 Å². The molecule has 0 nitrogen and oxygen atoms in total. The molecule has 21 heavy (non-hydrogen) atoms. The number of aryl methyl sites for hydroxylation is 1. The fourth-order valence-corrected chi connectivity index (χ4v) is 3.63. The number of rotatable bonds is 2. The van der Waals surface area contributed by atoms with E-state index in [9.17, 15) is 0 Å². The number of fused-ring (bicyclic) bond motifs is 1. The average molecular weight is 360 g/mol. The standard InChI is InChI=1S/C19H16BrCl/c1-12-6-5-9-14(13(12)2)19(21)17-10-11-18(20)16-8-4-3-7-15(16)17/h3-11,19H,1-2H3. The van der Waals surface area contributed by atoms with Gasteiger partial charge < -0.3 is 0 Å². The first-order chi connectivity index (χ1) is 10.1. The van der Waals surface area contributed by atoms with E-state index >= 15 is 0 Å². The molecule has 2 heteroatoms. The van der Waals surface area contributed by atoms with E-state index in [0.717, 1.165) is 10.0 Å². The molecule has 0 aliphatic heterocycles. The first kappa shape index (κ1) is 14.6. The Morgan fingerprint density at radius 1 is 0.810 bits per heavy atom. The Morgan fingerprint density at radius 3 is 2.29 bits per heavy atom. The van der Waals surface area contributed by atoms with Gasteiger partial charge in [0.2, 0.25) is 0 Å². The SMILES string of the molecule is Cc1cccc(C(Cl)c2ccc(Br)c3ccccc23)c1C. The van der Waals surface area contributed by atoms with Gasteiger partial charge in [0, 0.05) is 4.47 Å². The van der Waals surface area contributed by atoms with Gasteiger partial charge in [-0.2, -0.15) is 0 Å². The zero-order valence-electron chi connectivity index (χ0n) is 12.0. The maximum atomic E-state index is 6.82. The molecule has 3 aromatic rings. The Kier molecular flexibility index (Phi) is 4.05. The summed E-state index contributed by atoms with van der Waals surface area (Å²) < 4.78 is 1.10. The van der Waals surface area contributed by atoms with Crippen LogP contribution < -0.4 is 0 Å². The van der Waals surface area contributed by atoms with Gasteiger partial charge in [-0.05, 0) is 52.9 Å². The van der Waals surface area contributed by atoms with E-state index < -0.39 is 0 Å². The molecule has 1 unspecified atom stereocenters. The van der Waals surface area contributed by atoms with E-state index in [1.165, 1.54) is 27.5 Å². The summed E-state index contributed by atoms with van der Waals surface area (Å²) in [5.74, 6) is 0. The van der Waals surface area contributed by atoms with E-state index in [-0.39, 0.29) is 5.38 Å². The molecule has 0 aliphatic carbocycles. The minimum absolute atomic E-state index is 0.136. The van der Waals surface area contributed by atoms with Crippen LogP contribution in [0.2, 0.25) is 0 Å². The normalized spacial score (nSPS) is 12.6. The third-order valence-electron chi connectivity index (χ3n) is 4.10. The number of hydrogen-bond donors (Lipinski definition) is 0. The molecular weight excluding hydrogens is 344 g/mol. The second-order valence-electron chi connectivity index (χ2n) is 5.33. The second-order valence-corrected chi connectivity index (χ2v) is 6.62. The van der Waals surface area contributed by atoms with Crippen LogP contribution in [0.3, 0.4) is 0 Å². The summed E-state index contributed by atoms with van der Waals surface area (Å²) in [5, 5.41) is 2.27. The number of benzene rings is 3. The van der Waals surface area contributed by atoms with Crippen LogP contribution in [-0.4, -0.2) is 0 Å². The van der Waals surface area contributed by atoms with Crippen molar-refractivity contribution in [2.24, 2.45) is 0 Å². The molecule has 0 saturated heterocycles. The highest BCUT2D eigenvalue weighted by molar-refractivity contribution is 9.10. The molecule has 0 N–H and O–H groups in total. The molecule has 0 radical (unpaired) electrons. The van der Waals surface area contributed by atoms with Crippen LogP contribution in [0.5, 0.6) is 0 Å². The van der Waals surface area contributed by atoms with Crippen molar-refractivity contribution in [3.05, 3.63) is 81.3 Å². The molecule has 1 atom stereocenters. The van der Waals surface area contributed by atoms with Gasteiger partial charge in [0.05, 0.1) is 5.38 Å². The van der Waals surface area contributed by atoms with Crippen LogP contribution in [0, 0.1) is 13.8 Å². The summed E-state index contributed by atoms with van der Waals surface area (Å²) in [7, 11) is 0. The van der Waals surface area contributed by atoms with Crippen LogP contribution in [0.15, 0.2) is 59.1 Å². The average Bonchev–Trinajstić information content (AvgIpc) is 2.50. The summed E-state index contributed by atoms with van der Waals surface area (Å²) in [6.45, 7) is 4.27. The third kappa shape index (κ3) is 2.61. The lowest BCUT2D eigenvalue weighted by Crippen LogP contribution is -1.99. The fraction of sp³-hybridized carbons (Fsp3) is 0.158. The molecule has 0 bridgehead atoms. The highest BCUT2D eigenvalue weighted by atomic mass is 79.9. The molecule has 0 aliphatic rings. The smallest absolute Gasteiger partial charge is 0.0844 e. The topological polar surface area (TPSA) is 0 Å². The fourth-order valence-electron chi connectivity index (χ4n) is 2.72. The molecular formula is C19H16BrCl. The van der Waals surface area contributed by atoms with Crippen molar-refractivity contribution in [3.63, 3.8) is 0 Å². The van der Waals surface area contributed by atoms with Gasteiger partial charge in [-0.3, -0.25) is 0 Å². The maximum Gasteiger partial charge on any atom is 0.0844 e. The molecule has 0 fully saturated rings. The van der Waals surface area contributed by atoms with Crippen LogP contribution in [0.1, 0.15) is 27.6 Å². The number of alkyl halides is 1. The zero-order valence-corrected chi connectivity index (χ0v) is 14.4. The van der Waals surface area contributed by atoms with Crippen molar-refractivity contribution in [2.75, 3.05) is 0 Å². The van der Waals surface area contributed by atoms with Crippen molar-refractivity contribution in [1.29, 1.82) is 0 Å². The minimum Gasteiger partial charge on any atom is -0.113 e. The largest absolute Gasteiger partial charge is 0.113 e. The van der Waals surface area contributed by atoms with Crippen LogP contribution in [0.25, 0.3) is 10.8 Å². The predicted octanol–water partition coefficient (Wildman–Crippen LogP) is 6.55. The van der Waals surface area contributed by atoms with E-state index in [4.69, 9.17) is 11.6 Å². The molecule has 0 amide bonds. The molecule has 0 spiro atoms. The number of hydrogen-bond acceptors (Lipinski definition) is 0. The zero-order chi connectivity index (χ0) is 15.0. The maximum absolute atomic E-state index is 6.82. The van der Waals surface area contributed by atoms with Gasteiger partial charge in [-0.1, -0.05) is 64.5 Å². The Balaban J connectivity index is 2.21. The van der Waals surface area contributed by atoms with Gasteiger partial charge >= 0.3 is 0 Å². The first-order valence-corrected chi connectivity index (χ1v) is 8.20.